The molecule has 0 saturated carbocycles. The van der Waals surface area contributed by atoms with Crippen LogP contribution in [0.2, 0.25) is 0 Å². The van der Waals surface area contributed by atoms with E-state index in [2.05, 4.69) is 0 Å². The van der Waals surface area contributed by atoms with Crippen molar-refractivity contribution in [1.29, 1.82) is 0 Å². The van der Waals surface area contributed by atoms with E-state index in [1.165, 1.54) is 13.2 Å². The summed E-state index contributed by atoms with van der Waals surface area (Å²) in [5, 5.41) is -0.834. The molecule has 0 fully saturated rings. The van der Waals surface area contributed by atoms with Crippen molar-refractivity contribution < 1.29 is 22.5 Å². The van der Waals surface area contributed by atoms with E-state index in [0.29, 0.717) is 0 Å². The SMILES string of the molecule is COc1cc(C(=O)Cl)cc(S(=O)(=O)O)c1. The van der Waals surface area contributed by atoms with Gasteiger partial charge >= 0.3 is 0 Å². The van der Waals surface area contributed by atoms with Gasteiger partial charge in [-0.25, -0.2) is 0 Å². The lowest BCUT2D eigenvalue weighted by Gasteiger charge is -2.04. The average Bonchev–Trinajstić information content (AvgIpc) is 2.15. The lowest BCUT2D eigenvalue weighted by Crippen LogP contribution is -2.01. The highest BCUT2D eigenvalue weighted by molar-refractivity contribution is 7.85. The maximum atomic E-state index is 10.8. The van der Waals surface area contributed by atoms with Crippen LogP contribution in [0.3, 0.4) is 0 Å². The van der Waals surface area contributed by atoms with Crippen molar-refractivity contribution in [2.24, 2.45) is 0 Å². The van der Waals surface area contributed by atoms with Gasteiger partial charge in [0.15, 0.2) is 0 Å². The summed E-state index contributed by atoms with van der Waals surface area (Å²) in [5.74, 6) is 0.120. The van der Waals surface area contributed by atoms with Gasteiger partial charge in [0.1, 0.15) is 5.75 Å². The molecule has 0 spiro atoms. The average molecular weight is 251 g/mol. The van der Waals surface area contributed by atoms with Gasteiger partial charge < -0.3 is 4.74 Å². The Hall–Kier alpha value is -1.11. The molecule has 0 heterocycles. The van der Waals surface area contributed by atoms with Crippen LogP contribution in [0.1, 0.15) is 10.4 Å². The molecule has 82 valence electrons. The smallest absolute Gasteiger partial charge is 0.294 e. The van der Waals surface area contributed by atoms with Crippen LogP contribution >= 0.6 is 11.6 Å². The molecule has 1 aromatic carbocycles. The molecule has 0 amide bonds. The van der Waals surface area contributed by atoms with Crippen molar-refractivity contribution in [2.45, 2.75) is 4.90 Å². The van der Waals surface area contributed by atoms with E-state index in [0.717, 1.165) is 12.1 Å². The van der Waals surface area contributed by atoms with Gasteiger partial charge in [0.25, 0.3) is 15.4 Å². The molecule has 1 rings (SSSR count). The van der Waals surface area contributed by atoms with Crippen LogP contribution in [0.5, 0.6) is 5.75 Å². The van der Waals surface area contributed by atoms with E-state index < -0.39 is 20.3 Å². The molecule has 0 unspecified atom stereocenters. The summed E-state index contributed by atoms with van der Waals surface area (Å²) < 4.78 is 35.2. The number of hydrogen-bond donors (Lipinski definition) is 1. The zero-order valence-electron chi connectivity index (χ0n) is 7.60. The highest BCUT2D eigenvalue weighted by Gasteiger charge is 2.14. The Bertz CT molecular complexity index is 494. The van der Waals surface area contributed by atoms with E-state index in [4.69, 9.17) is 20.9 Å². The first-order chi connectivity index (χ1) is 6.84. The summed E-state index contributed by atoms with van der Waals surface area (Å²) in [7, 11) is -3.09. The van der Waals surface area contributed by atoms with Gasteiger partial charge in [-0.3, -0.25) is 9.35 Å². The molecule has 7 heteroatoms. The minimum Gasteiger partial charge on any atom is -0.497 e. The minimum absolute atomic E-state index is 0.0661. The number of rotatable bonds is 3. The Balaban J connectivity index is 3.43. The number of carbonyl (C=O) groups excluding carboxylic acids is 1. The third-order valence-corrected chi connectivity index (χ3v) is 2.69. The number of benzene rings is 1. The highest BCUT2D eigenvalue weighted by Crippen LogP contribution is 2.21. The van der Waals surface area contributed by atoms with Crippen molar-refractivity contribution in [1.82, 2.24) is 0 Å². The number of ether oxygens (including phenoxy) is 1. The molecular formula is C8H7ClO5S. The van der Waals surface area contributed by atoms with Crippen LogP contribution in [-0.4, -0.2) is 25.3 Å². The first kappa shape index (κ1) is 12.0. The third-order valence-electron chi connectivity index (χ3n) is 1.64. The zero-order chi connectivity index (χ0) is 11.6. The predicted molar refractivity (Wildman–Crippen MR) is 53.0 cm³/mol. The fourth-order valence-corrected chi connectivity index (χ4v) is 1.60. The molecule has 0 atom stereocenters. The Morgan fingerprint density at radius 1 is 1.40 bits per heavy atom. The van der Waals surface area contributed by atoms with Crippen LogP contribution < -0.4 is 4.74 Å². The van der Waals surface area contributed by atoms with Crippen LogP contribution in [0.25, 0.3) is 0 Å². The number of carbonyl (C=O) groups is 1. The van der Waals surface area contributed by atoms with Gasteiger partial charge in [0, 0.05) is 11.6 Å². The van der Waals surface area contributed by atoms with E-state index in [9.17, 15) is 13.2 Å². The van der Waals surface area contributed by atoms with Gasteiger partial charge in [-0.05, 0) is 23.7 Å². The Morgan fingerprint density at radius 3 is 2.40 bits per heavy atom. The molecule has 15 heavy (non-hydrogen) atoms. The Labute approximate surface area is 91.4 Å². The van der Waals surface area contributed by atoms with E-state index in [-0.39, 0.29) is 11.3 Å². The third kappa shape index (κ3) is 2.92. The maximum absolute atomic E-state index is 10.8. The lowest BCUT2D eigenvalue weighted by molar-refractivity contribution is 0.108. The van der Waals surface area contributed by atoms with E-state index in [1.807, 2.05) is 0 Å². The van der Waals surface area contributed by atoms with Crippen molar-refractivity contribution in [3.05, 3.63) is 23.8 Å². The highest BCUT2D eigenvalue weighted by atomic mass is 35.5. The van der Waals surface area contributed by atoms with Gasteiger partial charge in [-0.2, -0.15) is 8.42 Å². The lowest BCUT2D eigenvalue weighted by atomic mass is 10.2. The van der Waals surface area contributed by atoms with E-state index >= 15 is 0 Å². The second-order valence-corrected chi connectivity index (χ2v) is 4.41. The van der Waals surface area contributed by atoms with Crippen molar-refractivity contribution in [3.63, 3.8) is 0 Å². The minimum atomic E-state index is -4.38. The molecule has 1 N–H and O–H groups in total. The second-order valence-electron chi connectivity index (χ2n) is 2.65. The quantitative estimate of drug-likeness (QED) is 0.646. The molecule has 1 aromatic rings. The molecule has 0 aliphatic rings. The Kier molecular flexibility index (Phi) is 3.33. The first-order valence-electron chi connectivity index (χ1n) is 3.71. The summed E-state index contributed by atoms with van der Waals surface area (Å²) in [6.07, 6.45) is 0. The van der Waals surface area contributed by atoms with Crippen LogP contribution in [0.4, 0.5) is 0 Å². The van der Waals surface area contributed by atoms with Gasteiger partial charge in [0.05, 0.1) is 12.0 Å². The summed E-state index contributed by atoms with van der Waals surface area (Å²) in [6, 6.07) is 3.32. The molecular weight excluding hydrogens is 244 g/mol. The fraction of sp³-hybridized carbons (Fsp3) is 0.125. The van der Waals surface area contributed by atoms with Crippen LogP contribution in [-0.2, 0) is 10.1 Å². The van der Waals surface area contributed by atoms with Gasteiger partial charge in [-0.15, -0.1) is 0 Å². The monoisotopic (exact) mass is 250 g/mol. The predicted octanol–water partition coefficient (Wildman–Crippen LogP) is 1.32. The summed E-state index contributed by atoms with van der Waals surface area (Å²) in [6.45, 7) is 0. The van der Waals surface area contributed by atoms with Gasteiger partial charge in [0.2, 0.25) is 0 Å². The summed E-state index contributed by atoms with van der Waals surface area (Å²) in [5.41, 5.74) is -0.0661. The molecule has 0 saturated heterocycles. The number of hydrogen-bond acceptors (Lipinski definition) is 4. The number of methoxy groups -OCH3 is 1. The maximum Gasteiger partial charge on any atom is 0.294 e. The van der Waals surface area contributed by atoms with Crippen LogP contribution in [0.15, 0.2) is 23.1 Å². The zero-order valence-corrected chi connectivity index (χ0v) is 9.17. The largest absolute Gasteiger partial charge is 0.497 e. The Morgan fingerprint density at radius 2 is 2.00 bits per heavy atom. The first-order valence-corrected chi connectivity index (χ1v) is 5.53. The van der Waals surface area contributed by atoms with Crippen molar-refractivity contribution in [2.75, 3.05) is 7.11 Å². The van der Waals surface area contributed by atoms with Crippen LogP contribution in [0, 0.1) is 0 Å². The second kappa shape index (κ2) is 4.18. The molecule has 0 aliphatic heterocycles. The normalized spacial score (nSPS) is 11.1. The van der Waals surface area contributed by atoms with Crippen molar-refractivity contribution in [3.8, 4) is 5.75 Å². The summed E-state index contributed by atoms with van der Waals surface area (Å²) in [4.78, 5) is 10.4. The molecule has 0 aromatic heterocycles. The topological polar surface area (TPSA) is 80.7 Å². The molecule has 0 aliphatic carbocycles. The van der Waals surface area contributed by atoms with Gasteiger partial charge in [-0.1, -0.05) is 0 Å². The van der Waals surface area contributed by atoms with E-state index in [1.54, 1.807) is 0 Å². The molecule has 0 radical (unpaired) electrons. The molecule has 0 bridgehead atoms. The fourth-order valence-electron chi connectivity index (χ4n) is 0.952. The van der Waals surface area contributed by atoms with Crippen molar-refractivity contribution >= 4 is 27.0 Å². The number of halogens is 1. The summed E-state index contributed by atoms with van der Waals surface area (Å²) >= 11 is 5.18. The molecule has 5 nitrogen and oxygen atoms in total. The standard InChI is InChI=1S/C8H7ClO5S/c1-14-6-2-5(8(9)10)3-7(4-6)15(11,12)13/h2-4H,1H3,(H,11,12,13).